The smallest absolute Gasteiger partial charge is 0.418 e. The Labute approximate surface area is 133 Å². The van der Waals surface area contributed by atoms with E-state index in [0.717, 1.165) is 6.92 Å². The third kappa shape index (κ3) is 5.68. The van der Waals surface area contributed by atoms with Gasteiger partial charge in [-0.3, -0.25) is 14.3 Å². The summed E-state index contributed by atoms with van der Waals surface area (Å²) in [6, 6.07) is -0.110. The number of halogens is 4. The number of benzene rings is 1. The molecule has 0 heterocycles. The molecule has 134 valence electrons. The molecule has 0 aliphatic rings. The highest BCUT2D eigenvalue weighted by Gasteiger charge is 2.35. The third-order valence-corrected chi connectivity index (χ3v) is 3.79. The van der Waals surface area contributed by atoms with E-state index in [0.29, 0.717) is 12.1 Å². The third-order valence-electron chi connectivity index (χ3n) is 2.62. The van der Waals surface area contributed by atoms with E-state index >= 15 is 0 Å². The lowest BCUT2D eigenvalue weighted by molar-refractivity contribution is -0.141. The second-order valence-electron chi connectivity index (χ2n) is 4.68. The summed E-state index contributed by atoms with van der Waals surface area (Å²) in [4.78, 5) is 22.0. The van der Waals surface area contributed by atoms with Crippen LogP contribution in [0.1, 0.15) is 12.5 Å². The molecule has 7 nitrogen and oxygen atoms in total. The molecule has 1 amide bonds. The summed E-state index contributed by atoms with van der Waals surface area (Å²) in [5.41, 5.74) is -2.52. The van der Waals surface area contributed by atoms with Crippen molar-refractivity contribution in [2.45, 2.75) is 19.1 Å². The monoisotopic (exact) mass is 372 g/mol. The lowest BCUT2D eigenvalue weighted by Gasteiger charge is -2.15. The van der Waals surface area contributed by atoms with Crippen LogP contribution in [0.15, 0.2) is 18.2 Å². The summed E-state index contributed by atoms with van der Waals surface area (Å²) in [6.45, 7) is 1.07. The van der Waals surface area contributed by atoms with Crippen LogP contribution in [-0.4, -0.2) is 37.2 Å². The highest BCUT2D eigenvalue weighted by molar-refractivity contribution is 7.93. The molecule has 0 aliphatic carbocycles. The molecular weight excluding hydrogens is 360 g/mol. The van der Waals surface area contributed by atoms with E-state index < -0.39 is 56.9 Å². The summed E-state index contributed by atoms with van der Waals surface area (Å²) in [7, 11) is -4.58. The molecule has 0 saturated carbocycles. The minimum absolute atomic E-state index is 0.102. The van der Waals surface area contributed by atoms with Gasteiger partial charge in [-0.15, -0.1) is 0 Å². The van der Waals surface area contributed by atoms with Crippen LogP contribution in [0.2, 0.25) is 0 Å². The molecule has 1 atom stereocenters. The average Bonchev–Trinajstić information content (AvgIpc) is 2.38. The number of carbonyl (C=O) groups excluding carboxylic acids is 1. The van der Waals surface area contributed by atoms with E-state index in [4.69, 9.17) is 5.11 Å². The molecule has 0 spiro atoms. The van der Waals surface area contributed by atoms with Crippen LogP contribution < -0.4 is 10.0 Å². The number of amides is 1. The maximum atomic E-state index is 12.9. The fraction of sp³-hybridized carbons (Fsp3) is 0.333. The number of nitrogens with one attached hydrogen (secondary N) is 2. The Balaban J connectivity index is 2.96. The van der Waals surface area contributed by atoms with Gasteiger partial charge in [0.2, 0.25) is 15.9 Å². The van der Waals surface area contributed by atoms with Crippen LogP contribution in [0.5, 0.6) is 0 Å². The van der Waals surface area contributed by atoms with Gasteiger partial charge >= 0.3 is 12.1 Å². The summed E-state index contributed by atoms with van der Waals surface area (Å²) in [6.07, 6.45) is -5.03. The number of carboxylic acid groups (broad SMARTS) is 1. The largest absolute Gasteiger partial charge is 0.480 e. The summed E-state index contributed by atoms with van der Waals surface area (Å²) < 4.78 is 76.3. The van der Waals surface area contributed by atoms with Gasteiger partial charge < -0.3 is 10.4 Å². The molecule has 3 N–H and O–H groups in total. The van der Waals surface area contributed by atoms with Gasteiger partial charge in [-0.05, 0) is 25.1 Å². The second-order valence-corrected chi connectivity index (χ2v) is 6.40. The van der Waals surface area contributed by atoms with Gasteiger partial charge in [0.25, 0.3) is 0 Å². The predicted molar refractivity (Wildman–Crippen MR) is 74.1 cm³/mol. The Morgan fingerprint density at radius 1 is 1.29 bits per heavy atom. The molecule has 12 heteroatoms. The summed E-state index contributed by atoms with van der Waals surface area (Å²) >= 11 is 0. The van der Waals surface area contributed by atoms with Crippen LogP contribution in [0.3, 0.4) is 0 Å². The first-order valence-corrected chi connectivity index (χ1v) is 7.86. The predicted octanol–water partition coefficient (Wildman–Crippen LogP) is 1.18. The van der Waals surface area contributed by atoms with Gasteiger partial charge in [0.15, 0.2) is 0 Å². The molecule has 0 saturated heterocycles. The number of sulfonamides is 1. The summed E-state index contributed by atoms with van der Waals surface area (Å²) in [5.74, 6) is -5.18. The maximum Gasteiger partial charge on any atom is 0.418 e. The van der Waals surface area contributed by atoms with Crippen molar-refractivity contribution >= 4 is 27.6 Å². The lowest BCUT2D eigenvalue weighted by Crippen LogP contribution is -2.42. The molecular formula is C12H12F4N2O5S. The Bertz CT molecular complexity index is 748. The molecule has 0 fully saturated rings. The molecule has 24 heavy (non-hydrogen) atoms. The average molecular weight is 372 g/mol. The number of alkyl halides is 3. The zero-order valence-electron chi connectivity index (χ0n) is 12.0. The van der Waals surface area contributed by atoms with Crippen LogP contribution in [0.25, 0.3) is 0 Å². The number of hydrogen-bond donors (Lipinski definition) is 3. The first-order valence-electron chi connectivity index (χ1n) is 6.21. The standard InChI is InChI=1S/C12H12F4N2O5S/c1-6(11(20)21)17-10(19)5-24(22,23)18-9-3-2-7(13)4-8(9)12(14,15)16/h2-4,6,18H,5H2,1H3,(H,17,19)(H,20,21). The second kappa shape index (κ2) is 7.03. The number of carbonyl (C=O) groups is 2. The zero-order valence-corrected chi connectivity index (χ0v) is 12.8. The van der Waals surface area contributed by atoms with Gasteiger partial charge in [0.1, 0.15) is 17.6 Å². The fourth-order valence-corrected chi connectivity index (χ4v) is 2.57. The highest BCUT2D eigenvalue weighted by atomic mass is 32.2. The molecule has 1 aromatic rings. The number of hydrogen-bond acceptors (Lipinski definition) is 4. The molecule has 0 aliphatic heterocycles. The van der Waals surface area contributed by atoms with Crippen molar-refractivity contribution in [3.63, 3.8) is 0 Å². The number of carboxylic acids is 1. The van der Waals surface area contributed by atoms with E-state index in [9.17, 15) is 35.6 Å². The number of aliphatic carboxylic acids is 1. The van der Waals surface area contributed by atoms with Crippen molar-refractivity contribution in [1.82, 2.24) is 5.32 Å². The van der Waals surface area contributed by atoms with Gasteiger partial charge in [-0.25, -0.2) is 12.8 Å². The van der Waals surface area contributed by atoms with Gasteiger partial charge in [0, 0.05) is 0 Å². The lowest BCUT2D eigenvalue weighted by atomic mass is 10.2. The molecule has 0 bridgehead atoms. The van der Waals surface area contributed by atoms with E-state index in [1.165, 1.54) is 4.72 Å². The quantitative estimate of drug-likeness (QED) is 0.649. The minimum atomic E-state index is -5.03. The van der Waals surface area contributed by atoms with Crippen molar-refractivity contribution in [2.75, 3.05) is 10.5 Å². The Hall–Kier alpha value is -2.37. The normalized spacial score (nSPS) is 13.2. The van der Waals surface area contributed by atoms with Crippen LogP contribution in [0.4, 0.5) is 23.2 Å². The Kier molecular flexibility index (Phi) is 5.76. The van der Waals surface area contributed by atoms with Crippen molar-refractivity contribution in [1.29, 1.82) is 0 Å². The maximum absolute atomic E-state index is 12.9. The van der Waals surface area contributed by atoms with Crippen LogP contribution >= 0.6 is 0 Å². The molecule has 1 aromatic carbocycles. The fourth-order valence-electron chi connectivity index (χ4n) is 1.56. The van der Waals surface area contributed by atoms with Crippen molar-refractivity contribution in [3.05, 3.63) is 29.6 Å². The van der Waals surface area contributed by atoms with Gasteiger partial charge in [-0.2, -0.15) is 13.2 Å². The Morgan fingerprint density at radius 2 is 1.88 bits per heavy atom. The van der Waals surface area contributed by atoms with E-state index in [-0.39, 0.29) is 6.07 Å². The van der Waals surface area contributed by atoms with E-state index in [1.54, 1.807) is 0 Å². The van der Waals surface area contributed by atoms with Crippen LogP contribution in [-0.2, 0) is 25.8 Å². The summed E-state index contributed by atoms with van der Waals surface area (Å²) in [5, 5.41) is 10.4. The molecule has 0 radical (unpaired) electrons. The van der Waals surface area contributed by atoms with Gasteiger partial charge in [0.05, 0.1) is 11.3 Å². The molecule has 1 rings (SSSR count). The van der Waals surface area contributed by atoms with Crippen molar-refractivity contribution in [3.8, 4) is 0 Å². The first-order chi connectivity index (χ1) is 10.8. The molecule has 1 unspecified atom stereocenters. The van der Waals surface area contributed by atoms with E-state index in [1.807, 2.05) is 5.32 Å². The topological polar surface area (TPSA) is 113 Å². The van der Waals surface area contributed by atoms with Gasteiger partial charge in [-0.1, -0.05) is 0 Å². The van der Waals surface area contributed by atoms with Crippen LogP contribution in [0, 0.1) is 5.82 Å². The molecule has 0 aromatic heterocycles. The zero-order chi connectivity index (χ0) is 18.7. The Morgan fingerprint density at radius 3 is 2.38 bits per heavy atom. The number of rotatable bonds is 6. The van der Waals surface area contributed by atoms with Crippen molar-refractivity contribution in [2.24, 2.45) is 0 Å². The minimum Gasteiger partial charge on any atom is -0.480 e. The highest BCUT2D eigenvalue weighted by Crippen LogP contribution is 2.35. The number of anilines is 1. The van der Waals surface area contributed by atoms with Crippen molar-refractivity contribution < 1.29 is 40.7 Å². The SMILES string of the molecule is CC(NC(=O)CS(=O)(=O)Nc1ccc(F)cc1C(F)(F)F)C(=O)O. The first kappa shape index (κ1) is 19.7. The van der Waals surface area contributed by atoms with E-state index in [2.05, 4.69) is 0 Å².